The molecule has 0 radical (unpaired) electrons. The first kappa shape index (κ1) is 23.0. The number of amides is 1. The van der Waals surface area contributed by atoms with E-state index in [1.807, 2.05) is 13.0 Å². The van der Waals surface area contributed by atoms with Gasteiger partial charge in [-0.25, -0.2) is 18.1 Å². The largest absolute Gasteiger partial charge is 0.361 e. The van der Waals surface area contributed by atoms with Crippen molar-refractivity contribution >= 4 is 33.4 Å². The minimum atomic E-state index is -3.72. The second-order valence-corrected chi connectivity index (χ2v) is 10.6. The van der Waals surface area contributed by atoms with E-state index >= 15 is 0 Å². The van der Waals surface area contributed by atoms with Crippen molar-refractivity contribution < 1.29 is 17.7 Å². The van der Waals surface area contributed by atoms with E-state index in [2.05, 4.69) is 20.2 Å². The number of pyridine rings is 1. The number of nitrogens with one attached hydrogen (secondary N) is 2. The van der Waals surface area contributed by atoms with Crippen LogP contribution in [0.4, 0.5) is 5.69 Å². The quantitative estimate of drug-likeness (QED) is 0.512. The van der Waals surface area contributed by atoms with Crippen LogP contribution in [-0.4, -0.2) is 30.0 Å². The molecule has 2 heterocycles. The zero-order chi connectivity index (χ0) is 22.6. The standard InChI is InChI=1S/C21H24N4O4S2/c1-14-11-16(24-29-14)13-30-20-18(9-6-10-22-20)19(26)23-15-7-5-8-17(12-15)31(27,28)25-21(2,3)4/h5-12,25H,13H2,1-4H3,(H,23,26). The smallest absolute Gasteiger partial charge is 0.258 e. The Morgan fingerprint density at radius 2 is 1.94 bits per heavy atom. The molecule has 0 aliphatic carbocycles. The van der Waals surface area contributed by atoms with Gasteiger partial charge in [0.25, 0.3) is 5.91 Å². The molecule has 0 fully saturated rings. The first-order valence-electron chi connectivity index (χ1n) is 9.49. The van der Waals surface area contributed by atoms with Gasteiger partial charge in [-0.15, -0.1) is 0 Å². The Morgan fingerprint density at radius 3 is 2.61 bits per heavy atom. The Balaban J connectivity index is 1.76. The van der Waals surface area contributed by atoms with Crippen molar-refractivity contribution in [2.24, 2.45) is 0 Å². The van der Waals surface area contributed by atoms with Crippen molar-refractivity contribution in [2.75, 3.05) is 5.32 Å². The van der Waals surface area contributed by atoms with Crippen LogP contribution in [-0.2, 0) is 15.8 Å². The molecule has 2 aromatic heterocycles. The first-order valence-corrected chi connectivity index (χ1v) is 12.0. The molecule has 1 aromatic carbocycles. The lowest BCUT2D eigenvalue weighted by Gasteiger charge is -2.20. The summed E-state index contributed by atoms with van der Waals surface area (Å²) in [5, 5.41) is 7.24. The van der Waals surface area contributed by atoms with Crippen molar-refractivity contribution in [1.29, 1.82) is 0 Å². The summed E-state index contributed by atoms with van der Waals surface area (Å²) in [6.07, 6.45) is 1.61. The number of aromatic nitrogens is 2. The van der Waals surface area contributed by atoms with E-state index in [9.17, 15) is 13.2 Å². The molecular formula is C21H24N4O4S2. The van der Waals surface area contributed by atoms with E-state index in [1.165, 1.54) is 23.9 Å². The summed E-state index contributed by atoms with van der Waals surface area (Å²) in [4.78, 5) is 17.2. The molecule has 10 heteroatoms. The van der Waals surface area contributed by atoms with Gasteiger partial charge in [0, 0.05) is 29.2 Å². The number of rotatable bonds is 7. The van der Waals surface area contributed by atoms with Gasteiger partial charge in [-0.3, -0.25) is 4.79 Å². The summed E-state index contributed by atoms with van der Waals surface area (Å²) in [7, 11) is -3.72. The second-order valence-electron chi connectivity index (χ2n) is 7.91. The van der Waals surface area contributed by atoms with Gasteiger partial charge >= 0.3 is 0 Å². The molecule has 0 spiro atoms. The van der Waals surface area contributed by atoms with Crippen LogP contribution in [0.1, 0.15) is 42.6 Å². The highest BCUT2D eigenvalue weighted by molar-refractivity contribution is 7.98. The number of aryl methyl sites for hydroxylation is 1. The molecule has 164 valence electrons. The molecule has 3 aromatic rings. The second kappa shape index (κ2) is 9.21. The van der Waals surface area contributed by atoms with Crippen LogP contribution in [0.25, 0.3) is 0 Å². The predicted octanol–water partition coefficient (Wildman–Crippen LogP) is 4.00. The van der Waals surface area contributed by atoms with Crippen LogP contribution < -0.4 is 10.0 Å². The summed E-state index contributed by atoms with van der Waals surface area (Å²) in [6, 6.07) is 11.3. The van der Waals surface area contributed by atoms with Crippen molar-refractivity contribution in [2.45, 2.75) is 48.9 Å². The lowest BCUT2D eigenvalue weighted by atomic mass is 10.1. The van der Waals surface area contributed by atoms with Crippen LogP contribution in [0.2, 0.25) is 0 Å². The Labute approximate surface area is 185 Å². The maximum Gasteiger partial charge on any atom is 0.258 e. The number of nitrogens with zero attached hydrogens (tertiary/aromatic N) is 2. The molecule has 2 N–H and O–H groups in total. The van der Waals surface area contributed by atoms with Crippen LogP contribution in [0.5, 0.6) is 0 Å². The fourth-order valence-electron chi connectivity index (χ4n) is 2.71. The number of hydrogen-bond acceptors (Lipinski definition) is 7. The molecule has 0 saturated heterocycles. The molecule has 31 heavy (non-hydrogen) atoms. The van der Waals surface area contributed by atoms with Gasteiger partial charge in [-0.05, 0) is 58.0 Å². The summed E-state index contributed by atoms with van der Waals surface area (Å²) in [6.45, 7) is 7.10. The highest BCUT2D eigenvalue weighted by Gasteiger charge is 2.22. The molecule has 0 saturated carbocycles. The Kier molecular flexibility index (Phi) is 6.83. The number of carbonyl (C=O) groups is 1. The van der Waals surface area contributed by atoms with Gasteiger partial charge in [0.2, 0.25) is 10.0 Å². The number of hydrogen-bond donors (Lipinski definition) is 2. The maximum absolute atomic E-state index is 12.9. The molecule has 0 unspecified atom stereocenters. The van der Waals surface area contributed by atoms with Crippen molar-refractivity contribution in [3.05, 3.63) is 65.7 Å². The zero-order valence-corrected chi connectivity index (χ0v) is 19.3. The monoisotopic (exact) mass is 460 g/mol. The average Bonchev–Trinajstić information content (AvgIpc) is 3.10. The summed E-state index contributed by atoms with van der Waals surface area (Å²) in [5.41, 5.74) is 0.883. The molecule has 0 aliphatic heterocycles. The normalized spacial score (nSPS) is 12.0. The Morgan fingerprint density at radius 1 is 1.16 bits per heavy atom. The van der Waals surface area contributed by atoms with Crippen molar-refractivity contribution in [1.82, 2.24) is 14.9 Å². The molecule has 8 nitrogen and oxygen atoms in total. The molecular weight excluding hydrogens is 436 g/mol. The highest BCUT2D eigenvalue weighted by atomic mass is 32.2. The zero-order valence-electron chi connectivity index (χ0n) is 17.7. The first-order chi connectivity index (χ1) is 14.5. The van der Waals surface area contributed by atoms with E-state index in [0.29, 0.717) is 27.8 Å². The Bertz CT molecular complexity index is 1180. The van der Waals surface area contributed by atoms with E-state index < -0.39 is 15.6 Å². The third-order valence-electron chi connectivity index (χ3n) is 3.89. The minimum absolute atomic E-state index is 0.0717. The van der Waals surface area contributed by atoms with Crippen LogP contribution in [0.3, 0.4) is 0 Å². The van der Waals surface area contributed by atoms with Gasteiger partial charge in [0.15, 0.2) is 0 Å². The Hall–Kier alpha value is -2.69. The number of sulfonamides is 1. The SMILES string of the molecule is Cc1cc(CSc2ncccc2C(=O)Nc2cccc(S(=O)(=O)NC(C)(C)C)c2)no1. The van der Waals surface area contributed by atoms with E-state index in [-0.39, 0.29) is 10.8 Å². The van der Waals surface area contributed by atoms with Crippen molar-refractivity contribution in [3.8, 4) is 0 Å². The van der Waals surface area contributed by atoms with Crippen LogP contribution in [0, 0.1) is 6.92 Å². The van der Waals surface area contributed by atoms with Gasteiger partial charge < -0.3 is 9.84 Å². The third kappa shape index (κ3) is 6.39. The number of carbonyl (C=O) groups excluding carboxylic acids is 1. The van der Waals surface area contributed by atoms with Crippen molar-refractivity contribution in [3.63, 3.8) is 0 Å². The summed E-state index contributed by atoms with van der Waals surface area (Å²) >= 11 is 1.37. The fraction of sp³-hybridized carbons (Fsp3) is 0.286. The highest BCUT2D eigenvalue weighted by Crippen LogP contribution is 2.25. The maximum atomic E-state index is 12.9. The summed E-state index contributed by atoms with van der Waals surface area (Å²) in [5.74, 6) is 0.830. The van der Waals surface area contributed by atoms with Gasteiger partial charge in [-0.1, -0.05) is 23.0 Å². The molecule has 0 aliphatic rings. The lowest BCUT2D eigenvalue weighted by molar-refractivity contribution is 0.102. The number of benzene rings is 1. The lowest BCUT2D eigenvalue weighted by Crippen LogP contribution is -2.40. The predicted molar refractivity (Wildman–Crippen MR) is 120 cm³/mol. The minimum Gasteiger partial charge on any atom is -0.361 e. The molecule has 1 amide bonds. The molecule has 0 bridgehead atoms. The number of anilines is 1. The van der Waals surface area contributed by atoms with Crippen LogP contribution in [0.15, 0.2) is 63.1 Å². The molecule has 0 atom stereocenters. The molecule has 3 rings (SSSR count). The third-order valence-corrected chi connectivity index (χ3v) is 6.69. The van der Waals surface area contributed by atoms with Gasteiger partial charge in [0.05, 0.1) is 16.2 Å². The van der Waals surface area contributed by atoms with E-state index in [0.717, 1.165) is 5.69 Å². The van der Waals surface area contributed by atoms with Gasteiger partial charge in [0.1, 0.15) is 10.8 Å². The summed E-state index contributed by atoms with van der Waals surface area (Å²) < 4.78 is 32.8. The van der Waals surface area contributed by atoms with Crippen LogP contribution >= 0.6 is 11.8 Å². The number of thioether (sulfide) groups is 1. The van der Waals surface area contributed by atoms with Gasteiger partial charge in [-0.2, -0.15) is 0 Å². The topological polar surface area (TPSA) is 114 Å². The van der Waals surface area contributed by atoms with E-state index in [4.69, 9.17) is 4.52 Å². The average molecular weight is 461 g/mol. The fourth-order valence-corrected chi connectivity index (χ4v) is 5.04. The van der Waals surface area contributed by atoms with E-state index in [1.54, 1.807) is 51.2 Å².